The highest BCUT2D eigenvalue weighted by Crippen LogP contribution is 2.37. The van der Waals surface area contributed by atoms with E-state index in [-0.39, 0.29) is 34.6 Å². The van der Waals surface area contributed by atoms with Gasteiger partial charge in [0.2, 0.25) is 12.7 Å². The van der Waals surface area contributed by atoms with Gasteiger partial charge in [0, 0.05) is 17.6 Å². The number of β-lactam (4-membered cyclic amide) rings is 1. The topological polar surface area (TPSA) is 192 Å². The first-order chi connectivity index (χ1) is 18.0. The van der Waals surface area contributed by atoms with E-state index in [0.29, 0.717) is 5.75 Å². The molecule has 2 aliphatic heterocycles. The number of hydrogen-bond donors (Lipinski definition) is 3. The molecule has 3 amide bonds. The molecule has 0 radical (unpaired) electrons. The third-order valence-electron chi connectivity index (χ3n) is 5.12. The van der Waals surface area contributed by atoms with Crippen LogP contribution < -0.4 is 16.4 Å². The molecule has 0 spiro atoms. The number of thioether (sulfide) groups is 1. The zero-order chi connectivity index (χ0) is 28.0. The van der Waals surface area contributed by atoms with Gasteiger partial charge in [-0.3, -0.25) is 24.1 Å². The summed E-state index contributed by atoms with van der Waals surface area (Å²) in [5.41, 5.74) is 5.44. The monoisotopic (exact) mass is 568 g/mol. The highest BCUT2D eigenvalue weighted by atomic mass is 32.2. The number of amides is 3. The van der Waals surface area contributed by atoms with Crippen molar-refractivity contribution in [2.24, 2.45) is 16.8 Å². The number of aromatic nitrogens is 1. The van der Waals surface area contributed by atoms with Crippen molar-refractivity contribution in [2.45, 2.75) is 44.6 Å². The maximum absolute atomic E-state index is 13.0. The minimum absolute atomic E-state index is 0.00366. The molecule has 3 rings (SSSR count). The third kappa shape index (κ3) is 6.87. The van der Waals surface area contributed by atoms with Crippen molar-refractivity contribution >= 4 is 63.6 Å². The number of oxime groups is 1. The number of nitrogens with two attached hydrogens (primary N) is 1. The number of carbonyl (C=O) groups is 5. The molecule has 1 saturated heterocycles. The Hall–Kier alpha value is -3.50. The number of rotatable bonds is 11. The molecule has 16 heteroatoms. The summed E-state index contributed by atoms with van der Waals surface area (Å²) in [5.74, 6) is -2.57. The summed E-state index contributed by atoms with van der Waals surface area (Å²) in [5, 5.41) is 9.97. The summed E-state index contributed by atoms with van der Waals surface area (Å²) < 4.78 is 9.89. The first-order valence-corrected chi connectivity index (χ1v) is 13.4. The van der Waals surface area contributed by atoms with Crippen LogP contribution in [-0.2, 0) is 38.3 Å². The van der Waals surface area contributed by atoms with E-state index in [2.05, 4.69) is 20.8 Å². The number of anilines is 1. The highest BCUT2D eigenvalue weighted by Gasteiger charge is 2.53. The number of carbonyl (C=O) groups excluding carboxylic acids is 5. The molecule has 3 atom stereocenters. The van der Waals surface area contributed by atoms with Gasteiger partial charge in [-0.25, -0.2) is 9.78 Å². The number of fused-ring (bicyclic) bond motifs is 1. The quantitative estimate of drug-likeness (QED) is 0.108. The fourth-order valence-corrected chi connectivity index (χ4v) is 5.20. The summed E-state index contributed by atoms with van der Waals surface area (Å²) in [7, 11) is 1.24. The lowest BCUT2D eigenvalue weighted by atomic mass is 10.0. The van der Waals surface area contributed by atoms with Crippen molar-refractivity contribution in [1.29, 1.82) is 0 Å². The molecule has 4 N–H and O–H groups in total. The van der Waals surface area contributed by atoms with Gasteiger partial charge in [0.25, 0.3) is 11.8 Å². The van der Waals surface area contributed by atoms with Crippen LogP contribution in [0, 0.1) is 5.92 Å². The smallest absolute Gasteiger partial charge is 0.357 e. The summed E-state index contributed by atoms with van der Waals surface area (Å²) in [6, 6.07) is -1.71. The summed E-state index contributed by atoms with van der Waals surface area (Å²) >= 11 is 2.39. The van der Waals surface area contributed by atoms with E-state index in [9.17, 15) is 24.0 Å². The number of thiazole rings is 1. The van der Waals surface area contributed by atoms with Crippen LogP contribution in [0.1, 0.15) is 32.9 Å². The standard InChI is InChI=1S/C22H28N6O8S2/c1-10(2)7-14(29)35-9-36-21(33)13-5-6-37-20-16(19(32)28(13)20)25-18(31)15(27-34-4)12-8-38-22(24-12)26-17(30)11(3)23/h5,8,10-11,16,20H,6-7,9,23H2,1-4H3,(H,25,31)(H,24,26,30)/b27-15-/t11-,16+,20+/m0/s1. The van der Waals surface area contributed by atoms with Crippen molar-refractivity contribution in [3.63, 3.8) is 0 Å². The van der Waals surface area contributed by atoms with E-state index >= 15 is 0 Å². The molecule has 2 aliphatic rings. The van der Waals surface area contributed by atoms with Gasteiger partial charge in [-0.2, -0.15) is 0 Å². The van der Waals surface area contributed by atoms with E-state index in [1.165, 1.54) is 42.2 Å². The molecule has 1 fully saturated rings. The molecule has 1 aromatic heterocycles. The van der Waals surface area contributed by atoms with E-state index in [4.69, 9.17) is 20.0 Å². The second-order valence-electron chi connectivity index (χ2n) is 8.57. The van der Waals surface area contributed by atoms with E-state index in [0.717, 1.165) is 11.3 Å². The summed E-state index contributed by atoms with van der Waals surface area (Å²) in [6.07, 6.45) is 1.71. The van der Waals surface area contributed by atoms with Crippen molar-refractivity contribution in [1.82, 2.24) is 15.2 Å². The van der Waals surface area contributed by atoms with Crippen LogP contribution in [0.3, 0.4) is 0 Å². The van der Waals surface area contributed by atoms with E-state index in [1.807, 2.05) is 13.8 Å². The van der Waals surface area contributed by atoms with Crippen molar-refractivity contribution in [3.05, 3.63) is 22.8 Å². The average molecular weight is 569 g/mol. The number of nitrogens with zero attached hydrogens (tertiary/aromatic N) is 3. The first kappa shape index (κ1) is 29.1. The van der Waals surface area contributed by atoms with Crippen LogP contribution >= 0.6 is 23.1 Å². The van der Waals surface area contributed by atoms with Crippen LogP contribution in [0.2, 0.25) is 0 Å². The maximum atomic E-state index is 13.0. The molecule has 206 valence electrons. The lowest BCUT2D eigenvalue weighted by Crippen LogP contribution is -2.70. The normalized spacial score (nSPS) is 19.5. The summed E-state index contributed by atoms with van der Waals surface area (Å²) in [4.78, 5) is 72.0. The van der Waals surface area contributed by atoms with Gasteiger partial charge in [-0.15, -0.1) is 23.1 Å². The maximum Gasteiger partial charge on any atom is 0.357 e. The zero-order valence-corrected chi connectivity index (χ0v) is 22.7. The van der Waals surface area contributed by atoms with E-state index < -0.39 is 53.9 Å². The van der Waals surface area contributed by atoms with Gasteiger partial charge >= 0.3 is 11.9 Å². The predicted molar refractivity (Wildman–Crippen MR) is 138 cm³/mol. The van der Waals surface area contributed by atoms with Gasteiger partial charge < -0.3 is 30.7 Å². The van der Waals surface area contributed by atoms with Gasteiger partial charge in [0.1, 0.15) is 29.9 Å². The fourth-order valence-electron chi connectivity index (χ4n) is 3.31. The molecule has 14 nitrogen and oxygen atoms in total. The van der Waals surface area contributed by atoms with Crippen LogP contribution in [-0.4, -0.2) is 82.4 Å². The van der Waals surface area contributed by atoms with Crippen LogP contribution in [0.25, 0.3) is 0 Å². The van der Waals surface area contributed by atoms with Crippen molar-refractivity contribution in [2.75, 3.05) is 25.0 Å². The van der Waals surface area contributed by atoms with Crippen molar-refractivity contribution < 1.29 is 38.3 Å². The van der Waals surface area contributed by atoms with Gasteiger partial charge in [0.15, 0.2) is 10.8 Å². The molecule has 38 heavy (non-hydrogen) atoms. The second-order valence-corrected chi connectivity index (χ2v) is 10.6. The lowest BCUT2D eigenvalue weighted by Gasteiger charge is -2.48. The summed E-state index contributed by atoms with van der Waals surface area (Å²) in [6.45, 7) is 4.65. The Morgan fingerprint density at radius 1 is 1.26 bits per heavy atom. The largest absolute Gasteiger partial charge is 0.428 e. The molecular weight excluding hydrogens is 540 g/mol. The number of esters is 2. The number of nitrogens with one attached hydrogen (secondary N) is 2. The minimum Gasteiger partial charge on any atom is -0.428 e. The predicted octanol–water partition coefficient (Wildman–Crippen LogP) is 0.153. The molecule has 1 aromatic rings. The van der Waals surface area contributed by atoms with E-state index in [1.54, 1.807) is 0 Å². The molecule has 0 aromatic carbocycles. The SMILES string of the molecule is CO/N=C(\C(=O)N[C@@H]1C(=O)N2C(C(=O)OCOC(=O)CC(C)C)=CCS[C@H]12)c1csc(NC(=O)[C@H](C)N)n1. The van der Waals surface area contributed by atoms with Crippen LogP contribution in [0.5, 0.6) is 0 Å². The Balaban J connectivity index is 1.61. The molecule has 0 saturated carbocycles. The molecule has 3 heterocycles. The number of ether oxygens (including phenoxy) is 2. The molecular formula is C22H28N6O8S2. The Labute approximate surface area is 226 Å². The average Bonchev–Trinajstić information content (AvgIpc) is 3.32. The second kappa shape index (κ2) is 12.8. The Morgan fingerprint density at radius 3 is 2.66 bits per heavy atom. The van der Waals surface area contributed by atoms with Crippen LogP contribution in [0.4, 0.5) is 5.13 Å². The third-order valence-corrected chi connectivity index (χ3v) is 7.06. The number of hydrogen-bond acceptors (Lipinski definition) is 13. The minimum atomic E-state index is -0.953. The molecule has 0 unspecified atom stereocenters. The van der Waals surface area contributed by atoms with Gasteiger partial charge in [-0.05, 0) is 18.9 Å². The molecule has 0 bridgehead atoms. The van der Waals surface area contributed by atoms with Gasteiger partial charge in [-0.1, -0.05) is 19.0 Å². The zero-order valence-electron chi connectivity index (χ0n) is 21.1. The lowest BCUT2D eigenvalue weighted by molar-refractivity contribution is -0.168. The Kier molecular flexibility index (Phi) is 9.82. The Bertz CT molecular complexity index is 1160. The fraction of sp³-hybridized carbons (Fsp3) is 0.500. The van der Waals surface area contributed by atoms with Crippen molar-refractivity contribution in [3.8, 4) is 0 Å². The molecule has 0 aliphatic carbocycles. The Morgan fingerprint density at radius 2 is 2.00 bits per heavy atom. The van der Waals surface area contributed by atoms with Crippen LogP contribution in [0.15, 0.2) is 22.3 Å². The highest BCUT2D eigenvalue weighted by molar-refractivity contribution is 8.00. The van der Waals surface area contributed by atoms with Gasteiger partial charge in [0.05, 0.1) is 6.04 Å². The first-order valence-electron chi connectivity index (χ1n) is 11.4.